The maximum absolute atomic E-state index is 12.3. The first-order valence-electron chi connectivity index (χ1n) is 6.64. The summed E-state index contributed by atoms with van der Waals surface area (Å²) in [5.41, 5.74) is 1.91. The number of ketones is 1. The second-order valence-electron chi connectivity index (χ2n) is 5.27. The number of benzene rings is 1. The van der Waals surface area contributed by atoms with Crippen LogP contribution in [0.25, 0.3) is 6.08 Å². The van der Waals surface area contributed by atoms with Crippen LogP contribution in [0.4, 0.5) is 0 Å². The number of halogens is 1. The van der Waals surface area contributed by atoms with Crippen molar-refractivity contribution >= 4 is 24.3 Å². The third-order valence-corrected chi connectivity index (χ3v) is 3.50. The molecule has 0 radical (unpaired) electrons. The number of para-hydroxylation sites is 1. The molecule has 0 bridgehead atoms. The number of Topliss-reactive ketones (excluding diaryl/α,β-unsaturated/α-hetero) is 1. The topological polar surface area (TPSA) is 29.5 Å². The van der Waals surface area contributed by atoms with Gasteiger partial charge in [0.1, 0.15) is 5.75 Å². The molecule has 1 saturated carbocycles. The van der Waals surface area contributed by atoms with Gasteiger partial charge in [-0.15, -0.1) is 12.4 Å². The van der Waals surface area contributed by atoms with Crippen molar-refractivity contribution < 1.29 is 9.53 Å². The van der Waals surface area contributed by atoms with Gasteiger partial charge in [0, 0.05) is 18.0 Å². The molecule has 0 amide bonds. The Labute approximate surface area is 127 Å². The fraction of sp³-hybridized carbons (Fsp3) is 0.438. The molecule has 1 aliphatic carbocycles. The number of nitrogens with zero attached hydrogens (tertiary/aromatic N) is 1. The van der Waals surface area contributed by atoms with Gasteiger partial charge >= 0.3 is 0 Å². The molecule has 0 spiro atoms. The lowest BCUT2D eigenvalue weighted by Gasteiger charge is -2.13. The highest BCUT2D eigenvalue weighted by atomic mass is 35.5. The van der Waals surface area contributed by atoms with E-state index in [2.05, 4.69) is 4.90 Å². The lowest BCUT2D eigenvalue weighted by atomic mass is 10.0. The zero-order valence-corrected chi connectivity index (χ0v) is 13.1. The number of hydrogen-bond donors (Lipinski definition) is 0. The Morgan fingerprint density at radius 1 is 1.35 bits per heavy atom. The molecule has 0 heterocycles. The lowest BCUT2D eigenvalue weighted by molar-refractivity contribution is -0.118. The van der Waals surface area contributed by atoms with Crippen molar-refractivity contribution in [3.8, 4) is 5.75 Å². The van der Waals surface area contributed by atoms with Gasteiger partial charge in [-0.1, -0.05) is 18.2 Å². The van der Waals surface area contributed by atoms with Crippen molar-refractivity contribution in [2.45, 2.75) is 12.8 Å². The molecule has 0 saturated heterocycles. The maximum Gasteiger partial charge on any atom is 0.163 e. The maximum atomic E-state index is 12.3. The predicted molar refractivity (Wildman–Crippen MR) is 84.5 cm³/mol. The molecule has 2 rings (SSSR count). The van der Waals surface area contributed by atoms with Crippen molar-refractivity contribution in [2.24, 2.45) is 5.92 Å². The minimum atomic E-state index is 0. The molecule has 0 N–H and O–H groups in total. The molecule has 3 nitrogen and oxygen atoms in total. The van der Waals surface area contributed by atoms with Crippen LogP contribution >= 0.6 is 12.4 Å². The van der Waals surface area contributed by atoms with Crippen LogP contribution in [-0.4, -0.2) is 38.4 Å². The van der Waals surface area contributed by atoms with Gasteiger partial charge in [-0.25, -0.2) is 0 Å². The third kappa shape index (κ3) is 3.84. The molecule has 1 atom stereocenters. The number of allylic oxidation sites excluding steroid dienone is 1. The minimum Gasteiger partial charge on any atom is -0.496 e. The fourth-order valence-corrected chi connectivity index (χ4v) is 2.58. The summed E-state index contributed by atoms with van der Waals surface area (Å²) in [5.74, 6) is 1.26. The van der Waals surface area contributed by atoms with Crippen molar-refractivity contribution in [2.75, 3.05) is 27.7 Å². The van der Waals surface area contributed by atoms with Crippen LogP contribution in [0.2, 0.25) is 0 Å². The second kappa shape index (κ2) is 7.46. The summed E-state index contributed by atoms with van der Waals surface area (Å²) in [6.07, 6.45) is 3.81. The summed E-state index contributed by atoms with van der Waals surface area (Å²) in [5, 5.41) is 0. The molecule has 1 fully saturated rings. The summed E-state index contributed by atoms with van der Waals surface area (Å²) in [6, 6.07) is 7.80. The highest BCUT2D eigenvalue weighted by Gasteiger charge is 2.29. The molecule has 0 aromatic heterocycles. The molecular weight excluding hydrogens is 274 g/mol. The first kappa shape index (κ1) is 16.7. The molecule has 1 aromatic rings. The highest BCUT2D eigenvalue weighted by molar-refractivity contribution is 6.03. The number of carbonyl (C=O) groups is 1. The van der Waals surface area contributed by atoms with Gasteiger partial charge in [0.15, 0.2) is 5.78 Å². The Bertz CT molecular complexity index is 497. The van der Waals surface area contributed by atoms with Crippen LogP contribution in [-0.2, 0) is 4.79 Å². The molecule has 1 aromatic carbocycles. The van der Waals surface area contributed by atoms with Gasteiger partial charge in [0.05, 0.1) is 7.11 Å². The van der Waals surface area contributed by atoms with E-state index in [1.807, 2.05) is 44.4 Å². The normalized spacial score (nSPS) is 20.3. The van der Waals surface area contributed by atoms with Gasteiger partial charge in [0.25, 0.3) is 0 Å². The van der Waals surface area contributed by atoms with Crippen LogP contribution in [0.1, 0.15) is 18.4 Å². The van der Waals surface area contributed by atoms with E-state index < -0.39 is 0 Å². The molecule has 110 valence electrons. The Balaban J connectivity index is 0.00000200. The van der Waals surface area contributed by atoms with Crippen LogP contribution in [0.15, 0.2) is 29.8 Å². The number of ether oxygens (including phenoxy) is 1. The lowest BCUT2D eigenvalue weighted by Crippen LogP contribution is -2.24. The quantitative estimate of drug-likeness (QED) is 0.800. The smallest absolute Gasteiger partial charge is 0.163 e. The number of rotatable bonds is 4. The van der Waals surface area contributed by atoms with E-state index in [9.17, 15) is 4.79 Å². The van der Waals surface area contributed by atoms with E-state index in [0.29, 0.717) is 5.78 Å². The molecule has 20 heavy (non-hydrogen) atoms. The van der Waals surface area contributed by atoms with Gasteiger partial charge < -0.3 is 9.64 Å². The SMILES string of the molecule is COc1ccccc1/C=C1\CCC(CN(C)C)C1=O.Cl. The molecule has 1 aliphatic rings. The summed E-state index contributed by atoms with van der Waals surface area (Å²) in [7, 11) is 5.67. The molecule has 1 unspecified atom stereocenters. The standard InChI is InChI=1S/C16H21NO2.ClH/c1-17(2)11-14-9-8-13(16(14)18)10-12-6-4-5-7-15(12)19-3;/h4-7,10,14H,8-9,11H2,1-3H3;1H/b13-10+;. The van der Waals surface area contributed by atoms with Gasteiger partial charge in [-0.05, 0) is 44.7 Å². The third-order valence-electron chi connectivity index (χ3n) is 3.50. The van der Waals surface area contributed by atoms with E-state index in [0.717, 1.165) is 36.3 Å². The number of methoxy groups -OCH3 is 1. The van der Waals surface area contributed by atoms with Crippen LogP contribution in [0, 0.1) is 5.92 Å². The highest BCUT2D eigenvalue weighted by Crippen LogP contribution is 2.30. The zero-order valence-electron chi connectivity index (χ0n) is 12.3. The van der Waals surface area contributed by atoms with E-state index in [-0.39, 0.29) is 18.3 Å². The zero-order chi connectivity index (χ0) is 13.8. The molecule has 4 heteroatoms. The predicted octanol–water partition coefficient (Wildman–Crippen LogP) is 3.04. The van der Waals surface area contributed by atoms with E-state index >= 15 is 0 Å². The van der Waals surface area contributed by atoms with Crippen LogP contribution in [0.5, 0.6) is 5.75 Å². The Hall–Kier alpha value is -1.32. The average Bonchev–Trinajstić information content (AvgIpc) is 2.72. The largest absolute Gasteiger partial charge is 0.496 e. The molecule has 0 aliphatic heterocycles. The van der Waals surface area contributed by atoms with Gasteiger partial charge in [-0.3, -0.25) is 4.79 Å². The number of hydrogen-bond acceptors (Lipinski definition) is 3. The van der Waals surface area contributed by atoms with Crippen molar-refractivity contribution in [1.29, 1.82) is 0 Å². The van der Waals surface area contributed by atoms with Crippen molar-refractivity contribution in [3.63, 3.8) is 0 Å². The first-order valence-corrected chi connectivity index (χ1v) is 6.64. The number of carbonyl (C=O) groups excluding carboxylic acids is 1. The van der Waals surface area contributed by atoms with Crippen molar-refractivity contribution in [1.82, 2.24) is 4.90 Å². The van der Waals surface area contributed by atoms with E-state index in [1.54, 1.807) is 7.11 Å². The summed E-state index contributed by atoms with van der Waals surface area (Å²) in [4.78, 5) is 14.4. The summed E-state index contributed by atoms with van der Waals surface area (Å²) in [6.45, 7) is 0.835. The average molecular weight is 296 g/mol. The van der Waals surface area contributed by atoms with Gasteiger partial charge in [0.2, 0.25) is 0 Å². The Kier molecular flexibility index (Phi) is 6.24. The Morgan fingerprint density at radius 3 is 2.70 bits per heavy atom. The summed E-state index contributed by atoms with van der Waals surface area (Å²) >= 11 is 0. The monoisotopic (exact) mass is 295 g/mol. The van der Waals surface area contributed by atoms with Crippen LogP contribution < -0.4 is 4.74 Å². The fourth-order valence-electron chi connectivity index (χ4n) is 2.58. The minimum absolute atomic E-state index is 0. The molecular formula is C16H22ClNO2. The summed E-state index contributed by atoms with van der Waals surface area (Å²) < 4.78 is 5.32. The first-order chi connectivity index (χ1) is 9.11. The van der Waals surface area contributed by atoms with Crippen molar-refractivity contribution in [3.05, 3.63) is 35.4 Å². The second-order valence-corrected chi connectivity index (χ2v) is 5.27. The Morgan fingerprint density at radius 2 is 2.05 bits per heavy atom. The van der Waals surface area contributed by atoms with Gasteiger partial charge in [-0.2, -0.15) is 0 Å². The van der Waals surface area contributed by atoms with E-state index in [1.165, 1.54) is 0 Å². The van der Waals surface area contributed by atoms with Crippen LogP contribution in [0.3, 0.4) is 0 Å². The van der Waals surface area contributed by atoms with E-state index in [4.69, 9.17) is 4.74 Å².